The number of nitrogens with zero attached hydrogens (tertiary/aromatic N) is 2. The molecule has 0 spiro atoms. The minimum Gasteiger partial charge on any atom is -0.339 e. The summed E-state index contributed by atoms with van der Waals surface area (Å²) in [5.41, 5.74) is 9.41. The summed E-state index contributed by atoms with van der Waals surface area (Å²) in [7, 11) is 0. The zero-order valence-corrected chi connectivity index (χ0v) is 12.7. The van der Waals surface area contributed by atoms with Gasteiger partial charge in [0.05, 0.1) is 0 Å². The van der Waals surface area contributed by atoms with E-state index in [2.05, 4.69) is 34.4 Å². The summed E-state index contributed by atoms with van der Waals surface area (Å²) >= 11 is 0. The third-order valence-electron chi connectivity index (χ3n) is 5.98. The first-order valence-electron chi connectivity index (χ1n) is 8.36. The fourth-order valence-electron chi connectivity index (χ4n) is 4.92. The molecule has 3 saturated carbocycles. The molecule has 4 heteroatoms. The average Bonchev–Trinajstić information content (AvgIpc) is 3.08. The zero-order chi connectivity index (χ0) is 14.8. The van der Waals surface area contributed by atoms with E-state index in [0.29, 0.717) is 5.92 Å². The van der Waals surface area contributed by atoms with Gasteiger partial charge in [-0.1, -0.05) is 29.4 Å². The maximum Gasteiger partial charge on any atom is 0.226 e. The van der Waals surface area contributed by atoms with Crippen LogP contribution < -0.4 is 5.73 Å². The summed E-state index contributed by atoms with van der Waals surface area (Å²) in [4.78, 5) is 4.66. The second kappa shape index (κ2) is 4.19. The van der Waals surface area contributed by atoms with Gasteiger partial charge < -0.3 is 10.3 Å². The maximum absolute atomic E-state index is 6.12. The van der Waals surface area contributed by atoms with E-state index in [4.69, 9.17) is 10.3 Å². The fourth-order valence-corrected chi connectivity index (χ4v) is 4.92. The van der Waals surface area contributed by atoms with Crippen molar-refractivity contribution >= 4 is 0 Å². The highest BCUT2D eigenvalue weighted by Crippen LogP contribution is 2.65. The maximum atomic E-state index is 6.12. The Morgan fingerprint density at radius 2 is 2.05 bits per heavy atom. The fraction of sp³-hybridized carbons (Fsp3) is 0.556. The lowest BCUT2D eigenvalue weighted by Gasteiger charge is -2.67. The van der Waals surface area contributed by atoms with E-state index in [1.807, 2.05) is 0 Å². The molecule has 0 aliphatic heterocycles. The van der Waals surface area contributed by atoms with Gasteiger partial charge in [-0.2, -0.15) is 4.98 Å². The molecule has 4 nitrogen and oxygen atoms in total. The van der Waals surface area contributed by atoms with Gasteiger partial charge in [0.25, 0.3) is 0 Å². The molecular formula is C18H21N3O. The molecule has 1 atom stereocenters. The van der Waals surface area contributed by atoms with Crippen molar-refractivity contribution < 1.29 is 4.52 Å². The summed E-state index contributed by atoms with van der Waals surface area (Å²) in [6.07, 6.45) is 7.55. The normalized spacial score (nSPS) is 34.9. The lowest BCUT2D eigenvalue weighted by molar-refractivity contribution is -0.0664. The van der Waals surface area contributed by atoms with Crippen molar-refractivity contribution in [1.82, 2.24) is 10.1 Å². The molecule has 1 heterocycles. The number of aryl methyl sites for hydroxylation is 2. The molecule has 0 radical (unpaired) electrons. The van der Waals surface area contributed by atoms with Gasteiger partial charge in [0, 0.05) is 17.4 Å². The molecule has 22 heavy (non-hydrogen) atoms. The molecule has 0 saturated heterocycles. The minimum atomic E-state index is 0.0916. The predicted molar refractivity (Wildman–Crippen MR) is 82.6 cm³/mol. The number of nitrogens with two attached hydrogens (primary N) is 1. The average molecular weight is 295 g/mol. The van der Waals surface area contributed by atoms with Crippen LogP contribution >= 0.6 is 0 Å². The van der Waals surface area contributed by atoms with Gasteiger partial charge in [0.1, 0.15) is 0 Å². The number of hydrogen-bond acceptors (Lipinski definition) is 4. The molecule has 0 amide bonds. The summed E-state index contributed by atoms with van der Waals surface area (Å²) < 4.78 is 5.49. The Labute approximate surface area is 130 Å². The molecule has 6 rings (SSSR count). The van der Waals surface area contributed by atoms with Crippen LogP contribution in [0.1, 0.15) is 60.9 Å². The number of rotatable bonds is 4. The molecule has 2 N–H and O–H groups in total. The molecule has 1 aromatic carbocycles. The Kier molecular flexibility index (Phi) is 2.44. The first-order valence-corrected chi connectivity index (χ1v) is 8.36. The van der Waals surface area contributed by atoms with E-state index in [9.17, 15) is 0 Å². The Hall–Kier alpha value is -1.68. The first kappa shape index (κ1) is 12.8. The number of aromatic nitrogens is 2. The van der Waals surface area contributed by atoms with E-state index < -0.39 is 0 Å². The van der Waals surface area contributed by atoms with E-state index in [-0.39, 0.29) is 11.0 Å². The molecule has 1 unspecified atom stereocenters. The van der Waals surface area contributed by atoms with E-state index >= 15 is 0 Å². The zero-order valence-electron chi connectivity index (χ0n) is 12.7. The Balaban J connectivity index is 1.26. The summed E-state index contributed by atoms with van der Waals surface area (Å²) in [5.74, 6) is 2.35. The third-order valence-corrected chi connectivity index (χ3v) is 5.98. The molecule has 4 aliphatic carbocycles. The van der Waals surface area contributed by atoms with Crippen LogP contribution in [0.25, 0.3) is 0 Å². The van der Waals surface area contributed by atoms with Crippen LogP contribution in [-0.4, -0.2) is 15.7 Å². The Morgan fingerprint density at radius 3 is 2.86 bits per heavy atom. The van der Waals surface area contributed by atoms with E-state index in [0.717, 1.165) is 43.8 Å². The summed E-state index contributed by atoms with van der Waals surface area (Å²) in [6.45, 7) is 0. The molecule has 1 aromatic heterocycles. The van der Waals surface area contributed by atoms with Crippen molar-refractivity contribution in [2.45, 2.75) is 61.8 Å². The van der Waals surface area contributed by atoms with Crippen molar-refractivity contribution in [3.63, 3.8) is 0 Å². The second-order valence-electron chi connectivity index (χ2n) is 7.66. The minimum absolute atomic E-state index is 0.0916. The van der Waals surface area contributed by atoms with E-state index in [1.165, 1.54) is 24.0 Å². The highest BCUT2D eigenvalue weighted by atomic mass is 16.5. The Morgan fingerprint density at radius 1 is 1.23 bits per heavy atom. The van der Waals surface area contributed by atoms with Crippen LogP contribution in [-0.2, 0) is 18.3 Å². The van der Waals surface area contributed by atoms with Crippen LogP contribution in [0.3, 0.4) is 0 Å². The molecule has 4 aliphatic rings. The highest BCUT2D eigenvalue weighted by Gasteiger charge is 2.68. The molecule has 2 aromatic rings. The summed E-state index contributed by atoms with van der Waals surface area (Å²) in [6, 6.07) is 8.81. The van der Waals surface area contributed by atoms with Gasteiger partial charge >= 0.3 is 0 Å². The van der Waals surface area contributed by atoms with Crippen molar-refractivity contribution in [3.8, 4) is 0 Å². The van der Waals surface area contributed by atoms with Gasteiger partial charge in [-0.3, -0.25) is 0 Å². The van der Waals surface area contributed by atoms with Crippen LogP contribution in [0.4, 0.5) is 0 Å². The third kappa shape index (κ3) is 1.73. The molecule has 2 bridgehead atoms. The topological polar surface area (TPSA) is 64.9 Å². The standard InChI is InChI=1S/C18H21N3O/c19-18-9-17(10-18,11-18)16-20-15(22-21-16)8-7-13-6-5-12-3-1-2-4-14(12)13/h1-4,13H,5-11,19H2. The van der Waals surface area contributed by atoms with Gasteiger partial charge in [-0.15, -0.1) is 0 Å². The van der Waals surface area contributed by atoms with Gasteiger partial charge in [0.15, 0.2) is 5.82 Å². The second-order valence-corrected chi connectivity index (χ2v) is 7.66. The number of benzene rings is 1. The van der Waals surface area contributed by atoms with Gasteiger partial charge in [0.2, 0.25) is 5.89 Å². The largest absolute Gasteiger partial charge is 0.339 e. The number of hydrogen-bond donors (Lipinski definition) is 1. The molecule has 114 valence electrons. The van der Waals surface area contributed by atoms with Crippen LogP contribution in [0.15, 0.2) is 28.8 Å². The molecule has 3 fully saturated rings. The lowest BCUT2D eigenvalue weighted by atomic mass is 9.39. The van der Waals surface area contributed by atoms with Crippen LogP contribution in [0, 0.1) is 0 Å². The van der Waals surface area contributed by atoms with Crippen LogP contribution in [0.2, 0.25) is 0 Å². The van der Waals surface area contributed by atoms with Crippen molar-refractivity contribution in [1.29, 1.82) is 0 Å². The molecular weight excluding hydrogens is 274 g/mol. The van der Waals surface area contributed by atoms with Crippen molar-refractivity contribution in [2.75, 3.05) is 0 Å². The van der Waals surface area contributed by atoms with E-state index in [1.54, 1.807) is 0 Å². The number of fused-ring (bicyclic) bond motifs is 1. The highest BCUT2D eigenvalue weighted by molar-refractivity contribution is 5.35. The lowest BCUT2D eigenvalue weighted by Crippen LogP contribution is -2.74. The SMILES string of the molecule is NC12CC(c3noc(CCC4CCc5ccccc54)n3)(C1)C2. The smallest absolute Gasteiger partial charge is 0.226 e. The Bertz CT molecular complexity index is 716. The quantitative estimate of drug-likeness (QED) is 0.942. The first-order chi connectivity index (χ1) is 10.7. The predicted octanol–water partition coefficient (Wildman–Crippen LogP) is 2.87. The monoisotopic (exact) mass is 295 g/mol. The van der Waals surface area contributed by atoms with Crippen molar-refractivity contribution in [3.05, 3.63) is 47.1 Å². The summed E-state index contributed by atoms with van der Waals surface area (Å²) in [5, 5.41) is 4.23. The van der Waals surface area contributed by atoms with Crippen LogP contribution in [0.5, 0.6) is 0 Å². The van der Waals surface area contributed by atoms with Gasteiger partial charge in [-0.25, -0.2) is 0 Å². The van der Waals surface area contributed by atoms with Crippen molar-refractivity contribution in [2.24, 2.45) is 5.73 Å². The van der Waals surface area contributed by atoms with Gasteiger partial charge in [-0.05, 0) is 55.6 Å².